The summed E-state index contributed by atoms with van der Waals surface area (Å²) in [5.74, 6) is -1.57. The van der Waals surface area contributed by atoms with E-state index in [9.17, 15) is 9.59 Å². The minimum Gasteiger partial charge on any atom is -0.479 e. The van der Waals surface area contributed by atoms with Crippen molar-refractivity contribution in [3.8, 4) is 0 Å². The standard InChI is InChI=1S/C15H28O4/c1-3-4-5-6-7-8-9-10-11-12-14(15(17)18)19-13(2)16/h14H,3-12H2,1-2H3,(H,17,18). The molecule has 0 saturated heterocycles. The fourth-order valence-electron chi connectivity index (χ4n) is 2.07. The van der Waals surface area contributed by atoms with Gasteiger partial charge in [-0.25, -0.2) is 4.79 Å². The highest BCUT2D eigenvalue weighted by atomic mass is 16.6. The van der Waals surface area contributed by atoms with Crippen molar-refractivity contribution in [2.75, 3.05) is 0 Å². The zero-order chi connectivity index (χ0) is 14.5. The Labute approximate surface area is 116 Å². The van der Waals surface area contributed by atoms with Crippen molar-refractivity contribution < 1.29 is 19.4 Å². The number of hydrogen-bond acceptors (Lipinski definition) is 3. The van der Waals surface area contributed by atoms with Crippen LogP contribution < -0.4 is 0 Å². The van der Waals surface area contributed by atoms with Crippen LogP contribution in [-0.4, -0.2) is 23.1 Å². The minimum absolute atomic E-state index is 0.421. The second-order valence-electron chi connectivity index (χ2n) is 5.05. The maximum absolute atomic E-state index is 10.8. The minimum atomic E-state index is -1.05. The van der Waals surface area contributed by atoms with Crippen molar-refractivity contribution in [3.63, 3.8) is 0 Å². The predicted octanol–water partition coefficient (Wildman–Crippen LogP) is 3.92. The SMILES string of the molecule is CCCCCCCCCCCC(OC(C)=O)C(=O)O. The van der Waals surface area contributed by atoms with E-state index in [-0.39, 0.29) is 0 Å². The van der Waals surface area contributed by atoms with E-state index < -0.39 is 18.0 Å². The molecule has 0 rings (SSSR count). The lowest BCUT2D eigenvalue weighted by molar-refractivity contribution is -0.163. The van der Waals surface area contributed by atoms with Gasteiger partial charge in [-0.2, -0.15) is 0 Å². The summed E-state index contributed by atoms with van der Waals surface area (Å²) in [4.78, 5) is 21.6. The Morgan fingerprint density at radius 1 is 0.947 bits per heavy atom. The Kier molecular flexibility index (Phi) is 11.3. The summed E-state index contributed by atoms with van der Waals surface area (Å²) < 4.78 is 4.75. The van der Waals surface area contributed by atoms with Crippen LogP contribution in [0.5, 0.6) is 0 Å². The van der Waals surface area contributed by atoms with Gasteiger partial charge in [0, 0.05) is 6.92 Å². The van der Waals surface area contributed by atoms with Gasteiger partial charge in [0.2, 0.25) is 0 Å². The zero-order valence-electron chi connectivity index (χ0n) is 12.3. The second-order valence-corrected chi connectivity index (χ2v) is 5.05. The van der Waals surface area contributed by atoms with Gasteiger partial charge in [0.25, 0.3) is 0 Å². The van der Waals surface area contributed by atoms with Gasteiger partial charge >= 0.3 is 11.9 Å². The van der Waals surface area contributed by atoms with Gasteiger partial charge < -0.3 is 9.84 Å². The lowest BCUT2D eigenvalue weighted by atomic mass is 10.1. The first kappa shape index (κ1) is 17.9. The van der Waals surface area contributed by atoms with E-state index in [1.807, 2.05) is 0 Å². The fraction of sp³-hybridized carbons (Fsp3) is 0.867. The van der Waals surface area contributed by atoms with Crippen LogP contribution in [0.25, 0.3) is 0 Å². The molecule has 1 N–H and O–H groups in total. The van der Waals surface area contributed by atoms with Gasteiger partial charge in [-0.3, -0.25) is 4.79 Å². The third kappa shape index (κ3) is 11.7. The number of carboxylic acids is 1. The first-order valence-electron chi connectivity index (χ1n) is 7.48. The summed E-state index contributed by atoms with van der Waals surface area (Å²) in [6.45, 7) is 3.45. The molecule has 19 heavy (non-hydrogen) atoms. The average molecular weight is 272 g/mol. The molecule has 0 saturated carbocycles. The number of aliphatic carboxylic acids is 1. The number of carbonyl (C=O) groups excluding carboxylic acids is 1. The number of esters is 1. The van der Waals surface area contributed by atoms with Crippen molar-refractivity contribution in [2.24, 2.45) is 0 Å². The topological polar surface area (TPSA) is 63.6 Å². The molecule has 112 valence electrons. The van der Waals surface area contributed by atoms with Crippen LogP contribution >= 0.6 is 0 Å². The summed E-state index contributed by atoms with van der Waals surface area (Å²) >= 11 is 0. The summed E-state index contributed by atoms with van der Waals surface area (Å²) in [6, 6.07) is 0. The first-order valence-corrected chi connectivity index (χ1v) is 7.48. The predicted molar refractivity (Wildman–Crippen MR) is 75.0 cm³/mol. The van der Waals surface area contributed by atoms with Crippen LogP contribution in [0.1, 0.15) is 78.1 Å². The van der Waals surface area contributed by atoms with Crippen molar-refractivity contribution >= 4 is 11.9 Å². The number of hydrogen-bond donors (Lipinski definition) is 1. The van der Waals surface area contributed by atoms with Crippen molar-refractivity contribution in [1.29, 1.82) is 0 Å². The molecule has 0 aliphatic heterocycles. The van der Waals surface area contributed by atoms with E-state index in [4.69, 9.17) is 9.84 Å². The molecule has 0 aromatic carbocycles. The van der Waals surface area contributed by atoms with E-state index in [0.717, 1.165) is 19.3 Å². The van der Waals surface area contributed by atoms with E-state index in [0.29, 0.717) is 6.42 Å². The van der Waals surface area contributed by atoms with Gasteiger partial charge in [0.05, 0.1) is 0 Å². The molecule has 4 heteroatoms. The highest BCUT2D eigenvalue weighted by molar-refractivity contribution is 5.76. The van der Waals surface area contributed by atoms with Crippen LogP contribution in [0.15, 0.2) is 0 Å². The molecule has 0 aromatic heterocycles. The lowest BCUT2D eigenvalue weighted by Gasteiger charge is -2.11. The Bertz CT molecular complexity index is 251. The van der Waals surface area contributed by atoms with Gasteiger partial charge in [0.1, 0.15) is 0 Å². The Hall–Kier alpha value is -1.06. The van der Waals surface area contributed by atoms with Gasteiger partial charge in [0.15, 0.2) is 6.10 Å². The summed E-state index contributed by atoms with van der Waals surface area (Å²) in [7, 11) is 0. The quantitative estimate of drug-likeness (QED) is 0.432. The molecule has 0 aromatic rings. The highest BCUT2D eigenvalue weighted by Crippen LogP contribution is 2.12. The maximum atomic E-state index is 10.8. The number of carbonyl (C=O) groups is 2. The third-order valence-electron chi connectivity index (χ3n) is 3.15. The highest BCUT2D eigenvalue weighted by Gasteiger charge is 2.19. The molecule has 0 aliphatic rings. The Balaban J connectivity index is 3.45. The van der Waals surface area contributed by atoms with Gasteiger partial charge in [-0.1, -0.05) is 58.3 Å². The number of rotatable bonds is 12. The van der Waals surface area contributed by atoms with Crippen LogP contribution in [0.3, 0.4) is 0 Å². The first-order chi connectivity index (χ1) is 9.07. The molecule has 0 aliphatic carbocycles. The molecule has 1 atom stereocenters. The molecule has 0 bridgehead atoms. The summed E-state index contributed by atoms with van der Waals surface area (Å²) in [5.41, 5.74) is 0. The largest absolute Gasteiger partial charge is 0.479 e. The molecular formula is C15H28O4. The van der Waals surface area contributed by atoms with Gasteiger partial charge in [-0.05, 0) is 12.8 Å². The molecule has 0 fully saturated rings. The van der Waals surface area contributed by atoms with Crippen LogP contribution in [0, 0.1) is 0 Å². The van der Waals surface area contributed by atoms with Crippen LogP contribution in [-0.2, 0) is 14.3 Å². The third-order valence-corrected chi connectivity index (χ3v) is 3.15. The van der Waals surface area contributed by atoms with Crippen LogP contribution in [0.2, 0.25) is 0 Å². The van der Waals surface area contributed by atoms with Crippen molar-refractivity contribution in [1.82, 2.24) is 0 Å². The van der Waals surface area contributed by atoms with Crippen molar-refractivity contribution in [3.05, 3.63) is 0 Å². The number of carboxylic acid groups (broad SMARTS) is 1. The Morgan fingerprint density at radius 2 is 1.42 bits per heavy atom. The lowest BCUT2D eigenvalue weighted by Crippen LogP contribution is -2.25. The number of unbranched alkanes of at least 4 members (excludes halogenated alkanes) is 8. The fourth-order valence-corrected chi connectivity index (χ4v) is 2.07. The molecule has 1 unspecified atom stereocenters. The van der Waals surface area contributed by atoms with E-state index in [2.05, 4.69) is 6.92 Å². The van der Waals surface area contributed by atoms with Crippen molar-refractivity contribution in [2.45, 2.75) is 84.2 Å². The second kappa shape index (κ2) is 12.0. The Morgan fingerprint density at radius 3 is 1.84 bits per heavy atom. The molecule has 4 nitrogen and oxygen atoms in total. The summed E-state index contributed by atoms with van der Waals surface area (Å²) in [6.07, 6.45) is 10.1. The van der Waals surface area contributed by atoms with E-state index in [1.54, 1.807) is 0 Å². The molecule has 0 spiro atoms. The van der Waals surface area contributed by atoms with Crippen LogP contribution in [0.4, 0.5) is 0 Å². The smallest absolute Gasteiger partial charge is 0.345 e. The zero-order valence-corrected chi connectivity index (χ0v) is 12.3. The van der Waals surface area contributed by atoms with E-state index in [1.165, 1.54) is 45.4 Å². The normalized spacial score (nSPS) is 12.1. The molecule has 0 radical (unpaired) electrons. The maximum Gasteiger partial charge on any atom is 0.345 e. The van der Waals surface area contributed by atoms with E-state index >= 15 is 0 Å². The molecule has 0 amide bonds. The average Bonchev–Trinajstić information content (AvgIpc) is 2.34. The van der Waals surface area contributed by atoms with Gasteiger partial charge in [-0.15, -0.1) is 0 Å². The number of ether oxygens (including phenoxy) is 1. The molecule has 0 heterocycles. The summed E-state index contributed by atoms with van der Waals surface area (Å²) in [5, 5.41) is 8.87. The molecular weight excluding hydrogens is 244 g/mol. The monoisotopic (exact) mass is 272 g/mol.